The Morgan fingerprint density at radius 1 is 1.03 bits per heavy atom. The van der Waals surface area contributed by atoms with Crippen molar-refractivity contribution in [2.75, 3.05) is 17.6 Å². The van der Waals surface area contributed by atoms with E-state index in [1.54, 1.807) is 12.1 Å². The summed E-state index contributed by atoms with van der Waals surface area (Å²) in [7, 11) is 0. The molecule has 150 valence electrons. The lowest BCUT2D eigenvalue weighted by Gasteiger charge is -2.42. The second-order valence-corrected chi connectivity index (χ2v) is 8.47. The van der Waals surface area contributed by atoms with Crippen LogP contribution in [0, 0.1) is 0 Å². The van der Waals surface area contributed by atoms with Gasteiger partial charge in [-0.25, -0.2) is 4.79 Å². The number of rotatable bonds is 6. The predicted molar refractivity (Wildman–Crippen MR) is 114 cm³/mol. The van der Waals surface area contributed by atoms with Crippen LogP contribution in [0.5, 0.6) is 0 Å². The first-order chi connectivity index (χ1) is 14.1. The molecule has 1 aliphatic carbocycles. The molecule has 1 saturated heterocycles. The zero-order valence-electron chi connectivity index (χ0n) is 16.0. The minimum absolute atomic E-state index is 0.0370. The van der Waals surface area contributed by atoms with E-state index in [0.29, 0.717) is 12.2 Å². The van der Waals surface area contributed by atoms with Gasteiger partial charge < -0.3 is 10.6 Å². The van der Waals surface area contributed by atoms with Gasteiger partial charge in [0.05, 0.1) is 12.3 Å². The summed E-state index contributed by atoms with van der Waals surface area (Å²) in [6.07, 6.45) is 3.34. The van der Waals surface area contributed by atoms with E-state index in [1.165, 1.54) is 16.9 Å². The van der Waals surface area contributed by atoms with Gasteiger partial charge in [-0.3, -0.25) is 14.5 Å². The summed E-state index contributed by atoms with van der Waals surface area (Å²) in [5.41, 5.74) is 2.83. The smallest absolute Gasteiger partial charge is 0.319 e. The summed E-state index contributed by atoms with van der Waals surface area (Å²) in [6, 6.07) is 17.3. The molecular weight excluding hydrogens is 386 g/mol. The minimum atomic E-state index is -0.235. The molecule has 2 aromatic rings. The summed E-state index contributed by atoms with van der Waals surface area (Å²) >= 11 is 1.03. The molecule has 7 heteroatoms. The van der Waals surface area contributed by atoms with E-state index in [9.17, 15) is 14.4 Å². The van der Waals surface area contributed by atoms with Gasteiger partial charge in [0.25, 0.3) is 5.24 Å². The molecule has 2 N–H and O–H groups in total. The second kappa shape index (κ2) is 8.29. The first kappa shape index (κ1) is 19.5. The van der Waals surface area contributed by atoms with Gasteiger partial charge in [0.1, 0.15) is 0 Å². The van der Waals surface area contributed by atoms with Gasteiger partial charge in [0, 0.05) is 17.6 Å². The maximum atomic E-state index is 12.4. The number of anilines is 1. The van der Waals surface area contributed by atoms with E-state index in [1.807, 2.05) is 30.3 Å². The third kappa shape index (κ3) is 4.29. The standard InChI is InChI=1S/C22H23N3O3S/c26-19-14-29-21(28)25(19)13-16-7-9-18(10-8-16)24-20(27)23-15-22(11-4-12-22)17-5-2-1-3-6-17/h1-3,5-10H,4,11-15H2,(H2,23,24,27). The van der Waals surface area contributed by atoms with Gasteiger partial charge in [-0.15, -0.1) is 0 Å². The number of carbonyl (C=O) groups is 3. The molecule has 0 bridgehead atoms. The molecule has 6 nitrogen and oxygen atoms in total. The van der Waals surface area contributed by atoms with Gasteiger partial charge >= 0.3 is 6.03 Å². The highest BCUT2D eigenvalue weighted by Gasteiger charge is 2.38. The lowest BCUT2D eigenvalue weighted by atomic mass is 9.64. The number of thioether (sulfide) groups is 1. The van der Waals surface area contributed by atoms with Crippen molar-refractivity contribution < 1.29 is 14.4 Å². The fraction of sp³-hybridized carbons (Fsp3) is 0.318. The lowest BCUT2D eigenvalue weighted by molar-refractivity contribution is -0.125. The van der Waals surface area contributed by atoms with E-state index in [0.717, 1.165) is 30.2 Å². The summed E-state index contributed by atoms with van der Waals surface area (Å²) in [4.78, 5) is 37.0. The molecule has 1 saturated carbocycles. The zero-order chi connectivity index (χ0) is 20.3. The molecule has 0 aromatic heterocycles. The average Bonchev–Trinajstić information content (AvgIpc) is 3.01. The number of hydrogen-bond acceptors (Lipinski definition) is 4. The largest absolute Gasteiger partial charge is 0.337 e. The van der Waals surface area contributed by atoms with Gasteiger partial charge in [-0.1, -0.05) is 60.6 Å². The molecule has 29 heavy (non-hydrogen) atoms. The van der Waals surface area contributed by atoms with E-state index in [-0.39, 0.29) is 34.9 Å². The fourth-order valence-electron chi connectivity index (χ4n) is 3.80. The minimum Gasteiger partial charge on any atom is -0.337 e. The van der Waals surface area contributed by atoms with Crippen molar-refractivity contribution in [3.05, 3.63) is 65.7 Å². The predicted octanol–water partition coefficient (Wildman–Crippen LogP) is 4.13. The molecule has 1 aliphatic heterocycles. The quantitative estimate of drug-likeness (QED) is 0.752. The normalized spacial score (nSPS) is 17.7. The maximum absolute atomic E-state index is 12.4. The van der Waals surface area contributed by atoms with Gasteiger partial charge in [-0.2, -0.15) is 0 Å². The molecule has 0 unspecified atom stereocenters. The van der Waals surface area contributed by atoms with Crippen LogP contribution >= 0.6 is 11.8 Å². The molecular formula is C22H23N3O3S. The van der Waals surface area contributed by atoms with Crippen LogP contribution < -0.4 is 10.6 Å². The van der Waals surface area contributed by atoms with Gasteiger partial charge in [0.2, 0.25) is 5.91 Å². The highest BCUT2D eigenvalue weighted by atomic mass is 32.2. The number of carbonyl (C=O) groups excluding carboxylic acids is 3. The van der Waals surface area contributed by atoms with Crippen LogP contribution in [-0.4, -0.2) is 34.4 Å². The highest BCUT2D eigenvalue weighted by Crippen LogP contribution is 2.43. The third-order valence-electron chi connectivity index (χ3n) is 5.68. The van der Waals surface area contributed by atoms with Gasteiger partial charge in [0.15, 0.2) is 0 Å². The number of benzene rings is 2. The summed E-state index contributed by atoms with van der Waals surface area (Å²) < 4.78 is 0. The van der Waals surface area contributed by atoms with Crippen LogP contribution in [0.2, 0.25) is 0 Å². The molecule has 0 radical (unpaired) electrons. The van der Waals surface area contributed by atoms with Crippen molar-refractivity contribution in [2.45, 2.75) is 31.2 Å². The number of amides is 4. The Hall–Kier alpha value is -2.80. The molecule has 2 fully saturated rings. The van der Waals surface area contributed by atoms with Crippen LogP contribution in [0.1, 0.15) is 30.4 Å². The van der Waals surface area contributed by atoms with Crippen molar-refractivity contribution in [3.8, 4) is 0 Å². The van der Waals surface area contributed by atoms with Crippen molar-refractivity contribution in [3.63, 3.8) is 0 Å². The maximum Gasteiger partial charge on any atom is 0.319 e. The van der Waals surface area contributed by atoms with E-state index >= 15 is 0 Å². The van der Waals surface area contributed by atoms with Crippen LogP contribution in [-0.2, 0) is 16.8 Å². The summed E-state index contributed by atoms with van der Waals surface area (Å²) in [5.74, 6) is 0.0493. The van der Waals surface area contributed by atoms with Crippen LogP contribution in [0.25, 0.3) is 0 Å². The van der Waals surface area contributed by atoms with Crippen molar-refractivity contribution in [1.29, 1.82) is 0 Å². The van der Waals surface area contributed by atoms with Gasteiger partial charge in [-0.05, 0) is 36.1 Å². The molecule has 4 rings (SSSR count). The topological polar surface area (TPSA) is 78.5 Å². The number of imide groups is 1. The molecule has 0 atom stereocenters. The SMILES string of the molecule is O=C(NCC1(c2ccccc2)CCC1)Nc1ccc(CN2C(=O)CSC2=O)cc1. The molecule has 4 amide bonds. The monoisotopic (exact) mass is 409 g/mol. The van der Waals surface area contributed by atoms with Crippen LogP contribution in [0.15, 0.2) is 54.6 Å². The highest BCUT2D eigenvalue weighted by molar-refractivity contribution is 8.14. The molecule has 0 spiro atoms. The van der Waals surface area contributed by atoms with Crippen molar-refractivity contribution in [1.82, 2.24) is 10.2 Å². The Morgan fingerprint density at radius 2 is 1.76 bits per heavy atom. The first-order valence-corrected chi connectivity index (χ1v) is 10.7. The van der Waals surface area contributed by atoms with E-state index < -0.39 is 0 Å². The molecule has 2 aliphatic rings. The average molecular weight is 410 g/mol. The van der Waals surface area contributed by atoms with Crippen LogP contribution in [0.4, 0.5) is 15.3 Å². The number of urea groups is 1. The first-order valence-electron chi connectivity index (χ1n) is 9.72. The Balaban J connectivity index is 1.31. The third-order valence-corrected chi connectivity index (χ3v) is 6.54. The Labute approximate surface area is 174 Å². The second-order valence-electron chi connectivity index (χ2n) is 7.54. The lowest BCUT2D eigenvalue weighted by Crippen LogP contribution is -2.46. The number of hydrogen-bond donors (Lipinski definition) is 2. The summed E-state index contributed by atoms with van der Waals surface area (Å²) in [6.45, 7) is 0.870. The fourth-order valence-corrected chi connectivity index (χ4v) is 4.52. The van der Waals surface area contributed by atoms with Crippen molar-refractivity contribution in [2.24, 2.45) is 0 Å². The molecule has 2 aromatic carbocycles. The summed E-state index contributed by atoms with van der Waals surface area (Å²) in [5, 5.41) is 5.65. The number of nitrogens with one attached hydrogen (secondary N) is 2. The van der Waals surface area contributed by atoms with E-state index in [4.69, 9.17) is 0 Å². The Kier molecular flexibility index (Phi) is 5.58. The Morgan fingerprint density at radius 3 is 2.34 bits per heavy atom. The Bertz CT molecular complexity index is 895. The molecule has 1 heterocycles. The number of nitrogens with zero attached hydrogens (tertiary/aromatic N) is 1. The van der Waals surface area contributed by atoms with E-state index in [2.05, 4.69) is 22.8 Å². The van der Waals surface area contributed by atoms with Crippen molar-refractivity contribution >= 4 is 34.6 Å². The zero-order valence-corrected chi connectivity index (χ0v) is 16.8. The van der Waals surface area contributed by atoms with Crippen LogP contribution in [0.3, 0.4) is 0 Å².